The van der Waals surface area contributed by atoms with Gasteiger partial charge in [0.15, 0.2) is 0 Å². The van der Waals surface area contributed by atoms with E-state index in [0.717, 1.165) is 23.8 Å². The van der Waals surface area contributed by atoms with E-state index in [1.54, 1.807) is 11.3 Å². The lowest BCUT2D eigenvalue weighted by molar-refractivity contribution is 0.247. The minimum absolute atomic E-state index is 0.110. The summed E-state index contributed by atoms with van der Waals surface area (Å²) in [5.41, 5.74) is 6.22. The molecule has 0 amide bonds. The molecule has 0 radical (unpaired) electrons. The molecule has 0 spiro atoms. The van der Waals surface area contributed by atoms with Crippen LogP contribution in [-0.2, 0) is 5.54 Å². The molecule has 1 saturated carbocycles. The fourth-order valence-corrected chi connectivity index (χ4v) is 2.77. The second kappa shape index (κ2) is 3.39. The maximum atomic E-state index is 6.33. The molecule has 1 aromatic rings. The van der Waals surface area contributed by atoms with Gasteiger partial charge in [-0.15, -0.1) is 11.3 Å². The lowest BCUT2D eigenvalue weighted by Gasteiger charge is -2.34. The van der Waals surface area contributed by atoms with E-state index in [2.05, 4.69) is 11.9 Å². The summed E-state index contributed by atoms with van der Waals surface area (Å²) < 4.78 is 0. The zero-order valence-corrected chi connectivity index (χ0v) is 8.81. The van der Waals surface area contributed by atoms with Gasteiger partial charge >= 0.3 is 0 Å². The molecule has 0 bridgehead atoms. The van der Waals surface area contributed by atoms with Gasteiger partial charge in [-0.25, -0.2) is 4.98 Å². The van der Waals surface area contributed by atoms with E-state index in [9.17, 15) is 0 Å². The van der Waals surface area contributed by atoms with Crippen LogP contribution in [-0.4, -0.2) is 4.98 Å². The van der Waals surface area contributed by atoms with Crippen LogP contribution < -0.4 is 5.73 Å². The van der Waals surface area contributed by atoms with Gasteiger partial charge in [0, 0.05) is 11.6 Å². The summed E-state index contributed by atoms with van der Waals surface area (Å²) >= 11 is 1.69. The zero-order valence-electron chi connectivity index (χ0n) is 7.99. The van der Waals surface area contributed by atoms with Crippen LogP contribution in [0.3, 0.4) is 0 Å². The summed E-state index contributed by atoms with van der Waals surface area (Å²) in [5, 5.41) is 3.14. The molecule has 2 N–H and O–H groups in total. The molecule has 13 heavy (non-hydrogen) atoms. The molecule has 0 atom stereocenters. The summed E-state index contributed by atoms with van der Waals surface area (Å²) in [7, 11) is 0. The van der Waals surface area contributed by atoms with Crippen LogP contribution in [0, 0.1) is 5.92 Å². The van der Waals surface area contributed by atoms with Crippen LogP contribution in [0.25, 0.3) is 0 Å². The van der Waals surface area contributed by atoms with E-state index in [4.69, 9.17) is 5.73 Å². The van der Waals surface area contributed by atoms with Gasteiger partial charge in [-0.1, -0.05) is 6.92 Å². The van der Waals surface area contributed by atoms with Gasteiger partial charge < -0.3 is 5.73 Å². The topological polar surface area (TPSA) is 38.9 Å². The normalized spacial score (nSPS) is 34.8. The zero-order chi connectivity index (χ0) is 9.31. The SMILES string of the molecule is CC1CCC(N)(c2nccs2)CC1. The van der Waals surface area contributed by atoms with Gasteiger partial charge in [-0.2, -0.15) is 0 Å². The molecule has 0 unspecified atom stereocenters. The number of nitrogens with zero attached hydrogens (tertiary/aromatic N) is 1. The maximum absolute atomic E-state index is 6.33. The quantitative estimate of drug-likeness (QED) is 0.749. The smallest absolute Gasteiger partial charge is 0.112 e. The molecule has 1 aliphatic rings. The molecular formula is C10H16N2S. The highest BCUT2D eigenvalue weighted by molar-refractivity contribution is 7.09. The molecule has 2 nitrogen and oxygen atoms in total. The van der Waals surface area contributed by atoms with Crippen molar-refractivity contribution in [3.05, 3.63) is 16.6 Å². The van der Waals surface area contributed by atoms with Crippen LogP contribution in [0.15, 0.2) is 11.6 Å². The molecule has 1 fully saturated rings. The Morgan fingerprint density at radius 1 is 1.54 bits per heavy atom. The summed E-state index contributed by atoms with van der Waals surface area (Å²) in [6, 6.07) is 0. The van der Waals surface area contributed by atoms with Gasteiger partial charge in [0.05, 0.1) is 5.54 Å². The Morgan fingerprint density at radius 3 is 2.77 bits per heavy atom. The maximum Gasteiger partial charge on any atom is 0.112 e. The molecule has 0 saturated heterocycles. The fourth-order valence-electron chi connectivity index (χ4n) is 1.96. The average molecular weight is 196 g/mol. The second-order valence-electron chi connectivity index (χ2n) is 4.18. The largest absolute Gasteiger partial charge is 0.319 e. The molecule has 72 valence electrons. The van der Waals surface area contributed by atoms with Crippen molar-refractivity contribution >= 4 is 11.3 Å². The first-order valence-electron chi connectivity index (χ1n) is 4.89. The Hall–Kier alpha value is -0.410. The third-order valence-electron chi connectivity index (χ3n) is 3.02. The summed E-state index contributed by atoms with van der Waals surface area (Å²) in [5.74, 6) is 0.844. The number of aromatic nitrogens is 1. The predicted molar refractivity (Wildman–Crippen MR) is 55.6 cm³/mol. The molecule has 0 aliphatic heterocycles. The molecule has 3 heteroatoms. The molecule has 1 aliphatic carbocycles. The van der Waals surface area contributed by atoms with Crippen molar-refractivity contribution in [3.8, 4) is 0 Å². The van der Waals surface area contributed by atoms with Crippen LogP contribution in [0.5, 0.6) is 0 Å². The number of rotatable bonds is 1. The molecule has 1 aromatic heterocycles. The van der Waals surface area contributed by atoms with Crippen molar-refractivity contribution in [2.45, 2.75) is 38.1 Å². The highest BCUT2D eigenvalue weighted by atomic mass is 32.1. The Labute approximate surface area is 83.2 Å². The average Bonchev–Trinajstić information content (AvgIpc) is 2.63. The van der Waals surface area contributed by atoms with Gasteiger partial charge in [0.1, 0.15) is 5.01 Å². The van der Waals surface area contributed by atoms with Gasteiger partial charge in [-0.3, -0.25) is 0 Å². The third-order valence-corrected chi connectivity index (χ3v) is 4.02. The Kier molecular flexibility index (Phi) is 2.39. The van der Waals surface area contributed by atoms with Crippen molar-refractivity contribution in [2.24, 2.45) is 11.7 Å². The monoisotopic (exact) mass is 196 g/mol. The number of thiazole rings is 1. The van der Waals surface area contributed by atoms with Crippen LogP contribution in [0.2, 0.25) is 0 Å². The van der Waals surface area contributed by atoms with Gasteiger partial charge in [0.2, 0.25) is 0 Å². The predicted octanol–water partition coefficient (Wildman–Crippen LogP) is 2.51. The van der Waals surface area contributed by atoms with E-state index < -0.39 is 0 Å². The second-order valence-corrected chi connectivity index (χ2v) is 5.07. The first-order valence-corrected chi connectivity index (χ1v) is 5.77. The van der Waals surface area contributed by atoms with Crippen molar-refractivity contribution in [1.82, 2.24) is 4.98 Å². The van der Waals surface area contributed by atoms with E-state index in [1.165, 1.54) is 12.8 Å². The lowest BCUT2D eigenvalue weighted by atomic mass is 9.78. The Morgan fingerprint density at radius 2 is 2.23 bits per heavy atom. The van der Waals surface area contributed by atoms with Crippen LogP contribution in [0.4, 0.5) is 0 Å². The molecule has 0 aromatic carbocycles. The number of hydrogen-bond acceptors (Lipinski definition) is 3. The van der Waals surface area contributed by atoms with Gasteiger partial charge in [-0.05, 0) is 31.6 Å². The highest BCUT2D eigenvalue weighted by Gasteiger charge is 2.33. The molecule has 1 heterocycles. The first kappa shape index (κ1) is 9.16. The Bertz CT molecular complexity index is 260. The standard InChI is InChI=1S/C10H16N2S/c1-8-2-4-10(11,5-3-8)9-12-6-7-13-9/h6-8H,2-5,11H2,1H3. The third kappa shape index (κ3) is 1.76. The van der Waals surface area contributed by atoms with Crippen molar-refractivity contribution in [2.75, 3.05) is 0 Å². The summed E-state index contributed by atoms with van der Waals surface area (Å²) in [6.07, 6.45) is 6.54. The highest BCUT2D eigenvalue weighted by Crippen LogP contribution is 2.37. The van der Waals surface area contributed by atoms with E-state index in [-0.39, 0.29) is 5.54 Å². The van der Waals surface area contributed by atoms with Crippen LogP contribution >= 0.6 is 11.3 Å². The van der Waals surface area contributed by atoms with E-state index in [0.29, 0.717) is 0 Å². The first-order chi connectivity index (χ1) is 6.21. The number of hydrogen-bond donors (Lipinski definition) is 1. The summed E-state index contributed by atoms with van der Waals surface area (Å²) in [6.45, 7) is 2.31. The minimum atomic E-state index is -0.110. The van der Waals surface area contributed by atoms with E-state index in [1.807, 2.05) is 11.6 Å². The van der Waals surface area contributed by atoms with Crippen molar-refractivity contribution < 1.29 is 0 Å². The van der Waals surface area contributed by atoms with E-state index >= 15 is 0 Å². The van der Waals surface area contributed by atoms with Gasteiger partial charge in [0.25, 0.3) is 0 Å². The van der Waals surface area contributed by atoms with Crippen molar-refractivity contribution in [3.63, 3.8) is 0 Å². The number of nitrogens with two attached hydrogens (primary N) is 1. The lowest BCUT2D eigenvalue weighted by Crippen LogP contribution is -2.39. The summed E-state index contributed by atoms with van der Waals surface area (Å²) in [4.78, 5) is 4.33. The fraction of sp³-hybridized carbons (Fsp3) is 0.700. The minimum Gasteiger partial charge on any atom is -0.319 e. The molecule has 2 rings (SSSR count). The Balaban J connectivity index is 2.13. The molecular weight excluding hydrogens is 180 g/mol. The van der Waals surface area contributed by atoms with Crippen molar-refractivity contribution in [1.29, 1.82) is 0 Å². The van der Waals surface area contributed by atoms with Crippen LogP contribution in [0.1, 0.15) is 37.6 Å².